The van der Waals surface area contributed by atoms with E-state index in [0.717, 1.165) is 30.8 Å². The summed E-state index contributed by atoms with van der Waals surface area (Å²) in [5, 5.41) is 3.36. The van der Waals surface area contributed by atoms with E-state index in [4.69, 9.17) is 4.74 Å². The van der Waals surface area contributed by atoms with Crippen LogP contribution in [0.3, 0.4) is 0 Å². The van der Waals surface area contributed by atoms with Gasteiger partial charge in [0, 0.05) is 37.4 Å². The van der Waals surface area contributed by atoms with E-state index in [1.807, 2.05) is 35.2 Å². The van der Waals surface area contributed by atoms with Gasteiger partial charge in [-0.1, -0.05) is 30.3 Å². The molecule has 0 unspecified atom stereocenters. The first-order valence-electron chi connectivity index (χ1n) is 10.3. The van der Waals surface area contributed by atoms with Crippen LogP contribution in [0.25, 0.3) is 0 Å². The summed E-state index contributed by atoms with van der Waals surface area (Å²) in [5.41, 5.74) is 3.30. The topological polar surface area (TPSA) is 44.8 Å². The summed E-state index contributed by atoms with van der Waals surface area (Å²) >= 11 is 0. The van der Waals surface area contributed by atoms with Crippen LogP contribution in [0.5, 0.6) is 0 Å². The quantitative estimate of drug-likeness (QED) is 0.814. The number of rotatable bonds is 6. The van der Waals surface area contributed by atoms with E-state index in [1.54, 1.807) is 0 Å². The van der Waals surface area contributed by atoms with Crippen molar-refractivity contribution in [2.75, 3.05) is 44.3 Å². The molecule has 154 valence electrons. The Bertz CT molecular complexity index is 836. The minimum atomic E-state index is -0.237. The molecule has 29 heavy (non-hydrogen) atoms. The van der Waals surface area contributed by atoms with E-state index in [0.29, 0.717) is 19.8 Å². The molecule has 2 aromatic rings. The van der Waals surface area contributed by atoms with Gasteiger partial charge >= 0.3 is 0 Å². The van der Waals surface area contributed by atoms with Crippen molar-refractivity contribution in [3.8, 4) is 0 Å². The number of fused-ring (bicyclic) bond motifs is 1. The number of nitrogens with one attached hydrogen (secondary N) is 1. The van der Waals surface area contributed by atoms with Gasteiger partial charge in [-0.25, -0.2) is 4.39 Å². The van der Waals surface area contributed by atoms with E-state index in [1.165, 1.54) is 17.7 Å². The number of anilines is 1. The van der Waals surface area contributed by atoms with Gasteiger partial charge < -0.3 is 15.0 Å². The Morgan fingerprint density at radius 2 is 1.90 bits per heavy atom. The normalized spacial score (nSPS) is 20.5. The summed E-state index contributed by atoms with van der Waals surface area (Å²) in [4.78, 5) is 17.2. The van der Waals surface area contributed by atoms with Crippen molar-refractivity contribution >= 4 is 11.6 Å². The first-order valence-corrected chi connectivity index (χ1v) is 10.3. The van der Waals surface area contributed by atoms with Crippen molar-refractivity contribution in [3.05, 3.63) is 65.5 Å². The first kappa shape index (κ1) is 20.0. The minimum absolute atomic E-state index is 0.0792. The lowest BCUT2D eigenvalue weighted by Crippen LogP contribution is -2.46. The molecule has 2 heterocycles. The van der Waals surface area contributed by atoms with Crippen LogP contribution < -0.4 is 10.2 Å². The molecular weight excluding hydrogens is 369 g/mol. The maximum absolute atomic E-state index is 13.4. The largest absolute Gasteiger partial charge is 0.379 e. The highest BCUT2D eigenvalue weighted by atomic mass is 19.1. The van der Waals surface area contributed by atoms with Gasteiger partial charge in [0.05, 0.1) is 19.8 Å². The molecule has 2 aliphatic heterocycles. The van der Waals surface area contributed by atoms with Gasteiger partial charge in [-0.2, -0.15) is 0 Å². The molecule has 2 aromatic carbocycles. The lowest BCUT2D eigenvalue weighted by Gasteiger charge is -2.35. The number of hydrogen-bond acceptors (Lipinski definition) is 4. The molecule has 0 aromatic heterocycles. The number of morpholine rings is 1. The minimum Gasteiger partial charge on any atom is -0.379 e. The maximum atomic E-state index is 13.4. The number of nitrogens with zero attached hydrogens (tertiary/aromatic N) is 2. The molecule has 4 rings (SSSR count). The Hall–Kier alpha value is -2.28. The van der Waals surface area contributed by atoms with Crippen LogP contribution in [-0.2, 0) is 16.0 Å². The highest BCUT2D eigenvalue weighted by Crippen LogP contribution is 2.31. The number of hydrogen-bond donors (Lipinski definition) is 1. The van der Waals surface area contributed by atoms with Crippen molar-refractivity contribution in [2.45, 2.75) is 25.4 Å². The number of benzene rings is 2. The number of carbonyl (C=O) groups is 1. The first-order chi connectivity index (χ1) is 14.1. The summed E-state index contributed by atoms with van der Waals surface area (Å²) < 4.78 is 18.9. The molecule has 1 fully saturated rings. The van der Waals surface area contributed by atoms with Crippen molar-refractivity contribution in [1.82, 2.24) is 10.2 Å². The third kappa shape index (κ3) is 4.50. The SMILES string of the molecule is C[C@H]1Cc2ccccc2N1C(=O)CNC[C@@H](c1ccc(F)cc1)N1CCOCC1. The Balaban J connectivity index is 1.41. The highest BCUT2D eigenvalue weighted by molar-refractivity contribution is 5.97. The van der Waals surface area contributed by atoms with Gasteiger partial charge in [0.25, 0.3) is 0 Å². The zero-order valence-electron chi connectivity index (χ0n) is 16.8. The number of ether oxygens (including phenoxy) is 1. The van der Waals surface area contributed by atoms with Gasteiger partial charge in [0.1, 0.15) is 5.82 Å². The van der Waals surface area contributed by atoms with Crippen LogP contribution in [0.15, 0.2) is 48.5 Å². The number of carbonyl (C=O) groups excluding carboxylic acids is 1. The van der Waals surface area contributed by atoms with E-state index < -0.39 is 0 Å². The molecule has 0 radical (unpaired) electrons. The number of halogens is 1. The summed E-state index contributed by atoms with van der Waals surface area (Å²) in [5.74, 6) is -0.151. The molecular formula is C23H28FN3O2. The Kier molecular flexibility index (Phi) is 6.23. The lowest BCUT2D eigenvalue weighted by atomic mass is 10.0. The van der Waals surface area contributed by atoms with Crippen LogP contribution in [0, 0.1) is 5.82 Å². The zero-order valence-corrected chi connectivity index (χ0v) is 16.8. The van der Waals surface area contributed by atoms with E-state index in [2.05, 4.69) is 23.2 Å². The highest BCUT2D eigenvalue weighted by Gasteiger charge is 2.30. The van der Waals surface area contributed by atoms with Crippen LogP contribution >= 0.6 is 0 Å². The number of amides is 1. The molecule has 6 heteroatoms. The van der Waals surface area contributed by atoms with E-state index >= 15 is 0 Å². The second-order valence-electron chi connectivity index (χ2n) is 7.79. The van der Waals surface area contributed by atoms with Crippen LogP contribution in [0.2, 0.25) is 0 Å². The molecule has 1 amide bonds. The Morgan fingerprint density at radius 1 is 1.17 bits per heavy atom. The average Bonchev–Trinajstić information content (AvgIpc) is 3.08. The van der Waals surface area contributed by atoms with E-state index in [9.17, 15) is 9.18 Å². The molecule has 2 aliphatic rings. The van der Waals surface area contributed by atoms with Gasteiger partial charge in [-0.05, 0) is 42.7 Å². The molecule has 5 nitrogen and oxygen atoms in total. The smallest absolute Gasteiger partial charge is 0.241 e. The fraction of sp³-hybridized carbons (Fsp3) is 0.435. The average molecular weight is 397 g/mol. The third-order valence-corrected chi connectivity index (χ3v) is 5.83. The lowest BCUT2D eigenvalue weighted by molar-refractivity contribution is -0.118. The third-order valence-electron chi connectivity index (χ3n) is 5.83. The predicted molar refractivity (Wildman–Crippen MR) is 111 cm³/mol. The van der Waals surface area contributed by atoms with Gasteiger partial charge in [-0.15, -0.1) is 0 Å². The maximum Gasteiger partial charge on any atom is 0.241 e. The summed E-state index contributed by atoms with van der Waals surface area (Å²) in [6.07, 6.45) is 0.897. The fourth-order valence-corrected chi connectivity index (χ4v) is 4.38. The molecule has 2 atom stereocenters. The van der Waals surface area contributed by atoms with Gasteiger partial charge in [0.2, 0.25) is 5.91 Å². The number of para-hydroxylation sites is 1. The van der Waals surface area contributed by atoms with Gasteiger partial charge in [0.15, 0.2) is 0 Å². The van der Waals surface area contributed by atoms with Crippen molar-refractivity contribution < 1.29 is 13.9 Å². The summed E-state index contributed by atoms with van der Waals surface area (Å²) in [7, 11) is 0. The summed E-state index contributed by atoms with van der Waals surface area (Å²) in [6.45, 7) is 6.04. The monoisotopic (exact) mass is 397 g/mol. The fourth-order valence-electron chi connectivity index (χ4n) is 4.38. The molecule has 1 saturated heterocycles. The standard InChI is InChI=1S/C23H28FN3O2/c1-17-14-19-4-2-3-5-21(19)27(17)23(28)16-25-15-22(26-10-12-29-13-11-26)18-6-8-20(24)9-7-18/h2-9,17,22,25H,10-16H2,1H3/t17-,22-/m0/s1. The molecule has 0 aliphatic carbocycles. The molecule has 1 N–H and O–H groups in total. The zero-order chi connectivity index (χ0) is 20.2. The summed E-state index contributed by atoms with van der Waals surface area (Å²) in [6, 6.07) is 15.0. The van der Waals surface area contributed by atoms with Crippen LogP contribution in [0.1, 0.15) is 24.1 Å². The van der Waals surface area contributed by atoms with Crippen molar-refractivity contribution in [2.24, 2.45) is 0 Å². The van der Waals surface area contributed by atoms with Crippen LogP contribution in [-0.4, -0.2) is 56.2 Å². The van der Waals surface area contributed by atoms with E-state index in [-0.39, 0.29) is 30.4 Å². The van der Waals surface area contributed by atoms with Crippen molar-refractivity contribution in [3.63, 3.8) is 0 Å². The predicted octanol–water partition coefficient (Wildman–Crippen LogP) is 2.77. The van der Waals surface area contributed by atoms with Gasteiger partial charge in [-0.3, -0.25) is 9.69 Å². The van der Waals surface area contributed by atoms with Crippen LogP contribution in [0.4, 0.5) is 10.1 Å². The molecule has 0 spiro atoms. The molecule has 0 bridgehead atoms. The molecule has 0 saturated carbocycles. The Morgan fingerprint density at radius 3 is 2.66 bits per heavy atom. The second kappa shape index (κ2) is 9.03. The Labute approximate surface area is 171 Å². The second-order valence-corrected chi connectivity index (χ2v) is 7.79. The van der Waals surface area contributed by atoms with Crippen molar-refractivity contribution in [1.29, 1.82) is 0 Å².